The van der Waals surface area contributed by atoms with E-state index in [4.69, 9.17) is 11.6 Å². The van der Waals surface area contributed by atoms with Gasteiger partial charge in [0.1, 0.15) is 5.82 Å². The molecule has 2 aromatic carbocycles. The number of benzene rings is 2. The molecule has 0 aliphatic carbocycles. The molecule has 1 atom stereocenters. The summed E-state index contributed by atoms with van der Waals surface area (Å²) in [5, 5.41) is 0.641. The molecule has 1 amide bonds. The Hall–Kier alpha value is -1.87. The van der Waals surface area contributed by atoms with Gasteiger partial charge in [-0.1, -0.05) is 35.9 Å². The van der Waals surface area contributed by atoms with Gasteiger partial charge in [0.15, 0.2) is 0 Å². The van der Waals surface area contributed by atoms with Crippen LogP contribution in [-0.4, -0.2) is 17.4 Å². The fraction of sp³-hybridized carbons (Fsp3) is 0.278. The van der Waals surface area contributed by atoms with E-state index in [2.05, 4.69) is 0 Å². The maximum absolute atomic E-state index is 13.1. The smallest absolute Gasteiger partial charge is 0.227 e. The minimum atomic E-state index is -0.251. The Morgan fingerprint density at radius 3 is 2.73 bits per heavy atom. The third kappa shape index (κ3) is 3.30. The lowest BCUT2D eigenvalue weighted by atomic mass is 10.0. The molecule has 0 N–H and O–H groups in total. The second-order valence-electron chi connectivity index (χ2n) is 5.60. The van der Waals surface area contributed by atoms with E-state index in [1.54, 1.807) is 18.2 Å². The minimum Gasteiger partial charge on any atom is -0.335 e. The number of nitrogens with zero attached hydrogens (tertiary/aromatic N) is 1. The Kier molecular flexibility index (Phi) is 4.44. The van der Waals surface area contributed by atoms with Crippen LogP contribution in [0.15, 0.2) is 48.5 Å². The van der Waals surface area contributed by atoms with Crippen molar-refractivity contribution in [1.82, 2.24) is 4.90 Å². The summed E-state index contributed by atoms with van der Waals surface area (Å²) in [5.41, 5.74) is 1.92. The maximum Gasteiger partial charge on any atom is 0.227 e. The molecule has 0 aromatic heterocycles. The number of carbonyl (C=O) groups excluding carboxylic acids is 1. The molecule has 1 fully saturated rings. The van der Waals surface area contributed by atoms with Crippen molar-refractivity contribution >= 4 is 17.5 Å². The Labute approximate surface area is 134 Å². The number of hydrogen-bond donors (Lipinski definition) is 0. The Bertz CT molecular complexity index is 671. The first-order valence-electron chi connectivity index (χ1n) is 7.43. The van der Waals surface area contributed by atoms with Crippen molar-refractivity contribution in [3.63, 3.8) is 0 Å². The van der Waals surface area contributed by atoms with Gasteiger partial charge in [-0.3, -0.25) is 4.79 Å². The van der Waals surface area contributed by atoms with E-state index in [0.717, 1.165) is 30.5 Å². The van der Waals surface area contributed by atoms with E-state index in [1.807, 2.05) is 23.1 Å². The molecule has 22 heavy (non-hydrogen) atoms. The molecule has 3 rings (SSSR count). The van der Waals surface area contributed by atoms with Crippen LogP contribution in [0.5, 0.6) is 0 Å². The summed E-state index contributed by atoms with van der Waals surface area (Å²) in [7, 11) is 0. The zero-order valence-electron chi connectivity index (χ0n) is 12.1. The average Bonchev–Trinajstić information content (AvgIpc) is 2.97. The number of likely N-dealkylation sites (tertiary alicyclic amines) is 1. The van der Waals surface area contributed by atoms with Gasteiger partial charge in [0.25, 0.3) is 0 Å². The Balaban J connectivity index is 1.75. The summed E-state index contributed by atoms with van der Waals surface area (Å²) >= 11 is 5.97. The highest BCUT2D eigenvalue weighted by atomic mass is 35.5. The van der Waals surface area contributed by atoms with E-state index in [1.165, 1.54) is 12.1 Å². The number of amides is 1. The highest BCUT2D eigenvalue weighted by Crippen LogP contribution is 2.32. The summed E-state index contributed by atoms with van der Waals surface area (Å²) in [5.74, 6) is -0.160. The van der Waals surface area contributed by atoms with Crippen molar-refractivity contribution in [1.29, 1.82) is 0 Å². The minimum absolute atomic E-state index is 0.0484. The van der Waals surface area contributed by atoms with Gasteiger partial charge in [-0.2, -0.15) is 0 Å². The summed E-state index contributed by atoms with van der Waals surface area (Å²) in [4.78, 5) is 14.5. The molecule has 1 heterocycles. The van der Waals surface area contributed by atoms with Crippen LogP contribution < -0.4 is 0 Å². The second kappa shape index (κ2) is 6.49. The van der Waals surface area contributed by atoms with Crippen LogP contribution >= 0.6 is 11.6 Å². The molecule has 0 saturated carbocycles. The van der Waals surface area contributed by atoms with Gasteiger partial charge in [0.2, 0.25) is 5.91 Å². The largest absolute Gasteiger partial charge is 0.335 e. The highest BCUT2D eigenvalue weighted by molar-refractivity contribution is 6.30. The first-order chi connectivity index (χ1) is 10.6. The first-order valence-corrected chi connectivity index (χ1v) is 7.80. The van der Waals surface area contributed by atoms with Crippen LogP contribution in [0.1, 0.15) is 30.0 Å². The fourth-order valence-electron chi connectivity index (χ4n) is 3.02. The zero-order chi connectivity index (χ0) is 15.5. The van der Waals surface area contributed by atoms with Crippen molar-refractivity contribution in [3.05, 3.63) is 70.5 Å². The normalized spacial score (nSPS) is 17.7. The monoisotopic (exact) mass is 317 g/mol. The van der Waals surface area contributed by atoms with Crippen molar-refractivity contribution in [3.8, 4) is 0 Å². The van der Waals surface area contributed by atoms with E-state index < -0.39 is 0 Å². The lowest BCUT2D eigenvalue weighted by Gasteiger charge is -2.25. The summed E-state index contributed by atoms with van der Waals surface area (Å²) in [6, 6.07) is 13.9. The van der Waals surface area contributed by atoms with Crippen LogP contribution in [0.25, 0.3) is 0 Å². The Morgan fingerprint density at radius 1 is 1.23 bits per heavy atom. The molecule has 1 aliphatic heterocycles. The highest BCUT2D eigenvalue weighted by Gasteiger charge is 2.29. The average molecular weight is 318 g/mol. The molecular formula is C18H17ClFNO. The molecular weight excluding hydrogens is 301 g/mol. The van der Waals surface area contributed by atoms with Crippen molar-refractivity contribution < 1.29 is 9.18 Å². The fourth-order valence-corrected chi connectivity index (χ4v) is 3.23. The molecule has 1 aliphatic rings. The molecule has 2 nitrogen and oxygen atoms in total. The SMILES string of the molecule is O=C(Cc1cccc(Cl)c1)N1CCC[C@H]1c1ccc(F)cc1. The lowest BCUT2D eigenvalue weighted by Crippen LogP contribution is -2.31. The quantitative estimate of drug-likeness (QED) is 0.822. The third-order valence-electron chi connectivity index (χ3n) is 4.07. The van der Waals surface area contributed by atoms with Crippen molar-refractivity contribution in [2.75, 3.05) is 6.54 Å². The number of rotatable bonds is 3. The van der Waals surface area contributed by atoms with Gasteiger partial charge >= 0.3 is 0 Å². The van der Waals surface area contributed by atoms with Crippen LogP contribution in [0.4, 0.5) is 4.39 Å². The van der Waals surface area contributed by atoms with Gasteiger partial charge in [0, 0.05) is 11.6 Å². The standard InChI is InChI=1S/C18H17ClFNO/c19-15-4-1-3-13(11-15)12-18(22)21-10-2-5-17(21)14-6-8-16(20)9-7-14/h1,3-4,6-9,11,17H,2,5,10,12H2/t17-/m0/s1. The topological polar surface area (TPSA) is 20.3 Å². The van der Waals surface area contributed by atoms with Crippen LogP contribution in [0, 0.1) is 5.82 Å². The number of hydrogen-bond acceptors (Lipinski definition) is 1. The second-order valence-corrected chi connectivity index (χ2v) is 6.04. The molecule has 0 radical (unpaired) electrons. The predicted octanol–water partition coefficient (Wildman–Crippen LogP) is 4.39. The molecule has 0 bridgehead atoms. The summed E-state index contributed by atoms with van der Waals surface area (Å²) in [6.45, 7) is 0.751. The molecule has 114 valence electrons. The Morgan fingerprint density at radius 2 is 2.00 bits per heavy atom. The number of carbonyl (C=O) groups is 1. The molecule has 0 spiro atoms. The van der Waals surface area contributed by atoms with E-state index in [9.17, 15) is 9.18 Å². The van der Waals surface area contributed by atoms with Gasteiger partial charge in [-0.15, -0.1) is 0 Å². The van der Waals surface area contributed by atoms with Gasteiger partial charge in [-0.05, 0) is 48.2 Å². The van der Waals surface area contributed by atoms with Gasteiger partial charge < -0.3 is 4.90 Å². The molecule has 1 saturated heterocycles. The maximum atomic E-state index is 13.1. The summed E-state index contributed by atoms with van der Waals surface area (Å²) in [6.07, 6.45) is 2.24. The lowest BCUT2D eigenvalue weighted by molar-refractivity contribution is -0.131. The first kappa shape index (κ1) is 15.0. The molecule has 0 unspecified atom stereocenters. The zero-order valence-corrected chi connectivity index (χ0v) is 12.9. The van der Waals surface area contributed by atoms with Gasteiger partial charge in [-0.25, -0.2) is 4.39 Å². The van der Waals surface area contributed by atoms with Crippen LogP contribution in [0.3, 0.4) is 0 Å². The van der Waals surface area contributed by atoms with E-state index in [-0.39, 0.29) is 17.8 Å². The van der Waals surface area contributed by atoms with Crippen LogP contribution in [-0.2, 0) is 11.2 Å². The number of halogens is 2. The van der Waals surface area contributed by atoms with Crippen molar-refractivity contribution in [2.24, 2.45) is 0 Å². The third-order valence-corrected chi connectivity index (χ3v) is 4.31. The van der Waals surface area contributed by atoms with E-state index >= 15 is 0 Å². The van der Waals surface area contributed by atoms with Crippen LogP contribution in [0.2, 0.25) is 5.02 Å². The summed E-state index contributed by atoms with van der Waals surface area (Å²) < 4.78 is 13.1. The predicted molar refractivity (Wildman–Crippen MR) is 85.2 cm³/mol. The molecule has 2 aromatic rings. The van der Waals surface area contributed by atoms with Crippen molar-refractivity contribution in [2.45, 2.75) is 25.3 Å². The van der Waals surface area contributed by atoms with E-state index in [0.29, 0.717) is 11.4 Å². The molecule has 4 heteroatoms. The van der Waals surface area contributed by atoms with Gasteiger partial charge in [0.05, 0.1) is 12.5 Å².